The monoisotopic (exact) mass is 703 g/mol. The summed E-state index contributed by atoms with van der Waals surface area (Å²) in [6.07, 6.45) is -5.41. The molecule has 0 aliphatic heterocycles. The maximum atomic E-state index is 14.5. The lowest BCUT2D eigenvalue weighted by Crippen LogP contribution is -2.35. The SMILES string of the molecule is C[C@H](Cc1cccc(Cc2c(C(F)(F)P)cc(C(F)(F)F)n(C)c2=O)c1)NC(=O)c1c(F)cc(NCC(F)(F)P)cc1F.O=CO. The number of hydrogen-bond donors (Lipinski definition) is 3. The van der Waals surface area contributed by atoms with Gasteiger partial charge < -0.3 is 20.3 Å². The van der Waals surface area contributed by atoms with Gasteiger partial charge in [-0.05, 0) is 42.7 Å². The molecule has 0 radical (unpaired) electrons. The number of carboxylic acid groups (broad SMARTS) is 1. The highest BCUT2D eigenvalue weighted by molar-refractivity contribution is 7.18. The Kier molecular flexibility index (Phi) is 12.8. The Morgan fingerprint density at radius 3 is 2.04 bits per heavy atom. The molecule has 3 N–H and O–H groups in total. The van der Waals surface area contributed by atoms with Gasteiger partial charge in [-0.15, -0.1) is 0 Å². The lowest BCUT2D eigenvalue weighted by atomic mass is 9.97. The second-order valence-electron chi connectivity index (χ2n) is 10.0. The molecule has 1 amide bonds. The van der Waals surface area contributed by atoms with E-state index in [1.54, 1.807) is 6.07 Å². The molecule has 0 aliphatic carbocycles. The molecule has 3 aromatic rings. The van der Waals surface area contributed by atoms with E-state index in [2.05, 4.69) is 10.6 Å². The van der Waals surface area contributed by atoms with Crippen molar-refractivity contribution >= 4 is 36.5 Å². The average Bonchev–Trinajstić information content (AvgIpc) is 2.88. The third kappa shape index (κ3) is 10.7. The molecule has 0 fully saturated rings. The minimum Gasteiger partial charge on any atom is -0.483 e. The molecular weight excluding hydrogens is 675 g/mol. The summed E-state index contributed by atoms with van der Waals surface area (Å²) < 4.78 is 124. The fourth-order valence-electron chi connectivity index (χ4n) is 4.37. The van der Waals surface area contributed by atoms with E-state index in [9.17, 15) is 49.1 Å². The van der Waals surface area contributed by atoms with Crippen molar-refractivity contribution in [3.8, 4) is 0 Å². The topological polar surface area (TPSA) is 100 Å². The number of alkyl halides is 7. The van der Waals surface area contributed by atoms with Crippen molar-refractivity contribution in [1.82, 2.24) is 9.88 Å². The van der Waals surface area contributed by atoms with Gasteiger partial charge in [-0.1, -0.05) is 42.7 Å². The van der Waals surface area contributed by atoms with Crippen LogP contribution in [0.4, 0.5) is 45.2 Å². The number of rotatable bonds is 10. The molecule has 0 bridgehead atoms. The van der Waals surface area contributed by atoms with Crippen molar-refractivity contribution in [2.75, 3.05) is 11.9 Å². The quantitative estimate of drug-likeness (QED) is 0.134. The minimum atomic E-state index is -5.05. The summed E-state index contributed by atoms with van der Waals surface area (Å²) in [5, 5.41) is 11.5. The van der Waals surface area contributed by atoms with Crippen molar-refractivity contribution < 1.29 is 54.2 Å². The summed E-state index contributed by atoms with van der Waals surface area (Å²) in [4.78, 5) is 33.7. The molecule has 0 aliphatic rings. The number of anilines is 1. The van der Waals surface area contributed by atoms with Crippen LogP contribution in [0.3, 0.4) is 0 Å². The highest BCUT2D eigenvalue weighted by atomic mass is 31.0. The molecule has 2 unspecified atom stereocenters. The molecule has 3 rings (SSSR count). The van der Waals surface area contributed by atoms with Crippen LogP contribution in [-0.2, 0) is 36.5 Å². The van der Waals surface area contributed by atoms with E-state index in [1.165, 1.54) is 34.4 Å². The van der Waals surface area contributed by atoms with Crippen LogP contribution in [0.15, 0.2) is 47.3 Å². The fraction of sp³-hybridized carbons (Fsp3) is 0.321. The third-order valence-corrected chi connectivity index (χ3v) is 6.78. The summed E-state index contributed by atoms with van der Waals surface area (Å²) in [7, 11) is 3.23. The number of benzene rings is 2. The molecule has 2 aromatic carbocycles. The zero-order valence-electron chi connectivity index (χ0n) is 24.0. The zero-order valence-corrected chi connectivity index (χ0v) is 26.3. The maximum Gasteiger partial charge on any atom is 0.431 e. The van der Waals surface area contributed by atoms with Crippen LogP contribution in [0, 0.1) is 11.6 Å². The zero-order chi connectivity index (χ0) is 35.2. The Morgan fingerprint density at radius 1 is 1.00 bits per heavy atom. The summed E-state index contributed by atoms with van der Waals surface area (Å²) in [5.41, 5.74) is -11.9. The molecule has 1 heterocycles. The van der Waals surface area contributed by atoms with Crippen molar-refractivity contribution in [3.05, 3.63) is 98.0 Å². The van der Waals surface area contributed by atoms with Gasteiger partial charge in [-0.2, -0.15) is 22.0 Å². The first-order valence-corrected chi connectivity index (χ1v) is 14.1. The van der Waals surface area contributed by atoms with Gasteiger partial charge in [0.2, 0.25) is 0 Å². The first-order chi connectivity index (χ1) is 21.1. The molecule has 3 atom stereocenters. The van der Waals surface area contributed by atoms with Crippen LogP contribution in [0.2, 0.25) is 0 Å². The van der Waals surface area contributed by atoms with E-state index in [1.807, 2.05) is 0 Å². The largest absolute Gasteiger partial charge is 0.483 e. The Labute approximate surface area is 261 Å². The standard InChI is InChI=1S/C27H26F9N3O2P2.CH2O2/c1-13(38-23(40)22-19(28)9-16(10-20(22)29)37-12-25(30,31)42)6-14-4-3-5-15(7-14)8-17-18(27(35,36)43)11-21(26(32,33)34)39(2)24(17)41;2-1-3/h3-5,7,9-11,13,37H,6,8,12,42-43H2,1-2H3,(H,38,40);1H,(H,2,3)/t13-;/m1./s1. The minimum absolute atomic E-state index is 0.0728. The van der Waals surface area contributed by atoms with Gasteiger partial charge in [-0.3, -0.25) is 14.4 Å². The van der Waals surface area contributed by atoms with Crippen LogP contribution >= 0.6 is 18.5 Å². The van der Waals surface area contributed by atoms with Gasteiger partial charge in [0.25, 0.3) is 29.3 Å². The van der Waals surface area contributed by atoms with E-state index < -0.39 is 82.0 Å². The molecule has 18 heteroatoms. The van der Waals surface area contributed by atoms with Crippen molar-refractivity contribution in [1.29, 1.82) is 0 Å². The maximum absolute atomic E-state index is 14.5. The molecule has 7 nitrogen and oxygen atoms in total. The Hall–Kier alpha value is -3.64. The van der Waals surface area contributed by atoms with Crippen LogP contribution in [-0.4, -0.2) is 40.3 Å². The molecule has 0 saturated heterocycles. The average molecular weight is 703 g/mol. The lowest BCUT2D eigenvalue weighted by Gasteiger charge is -2.21. The molecule has 1 aromatic heterocycles. The number of aromatic nitrogens is 1. The lowest BCUT2D eigenvalue weighted by molar-refractivity contribution is -0.144. The molecule has 252 valence electrons. The Bertz CT molecular complexity index is 1600. The summed E-state index contributed by atoms with van der Waals surface area (Å²) >= 11 is 0. The first kappa shape index (κ1) is 38.5. The second kappa shape index (κ2) is 15.3. The summed E-state index contributed by atoms with van der Waals surface area (Å²) in [5.74, 6) is -3.70. The van der Waals surface area contributed by atoms with Gasteiger partial charge in [-0.25, -0.2) is 17.6 Å². The molecular formula is C28H28F9N3O4P2. The molecule has 0 saturated carbocycles. The smallest absolute Gasteiger partial charge is 0.431 e. The predicted molar refractivity (Wildman–Crippen MR) is 158 cm³/mol. The van der Waals surface area contributed by atoms with Crippen molar-refractivity contribution in [3.63, 3.8) is 0 Å². The highest BCUT2D eigenvalue weighted by Crippen LogP contribution is 2.39. The van der Waals surface area contributed by atoms with E-state index >= 15 is 0 Å². The van der Waals surface area contributed by atoms with E-state index in [0.29, 0.717) is 23.3 Å². The number of carbonyl (C=O) groups excluding carboxylic acids is 1. The van der Waals surface area contributed by atoms with E-state index in [-0.39, 0.29) is 29.2 Å². The summed E-state index contributed by atoms with van der Waals surface area (Å²) in [6, 6.07) is 6.96. The number of hydrogen-bond acceptors (Lipinski definition) is 4. The summed E-state index contributed by atoms with van der Waals surface area (Å²) in [6.45, 7) is 0.336. The van der Waals surface area contributed by atoms with Gasteiger partial charge in [0.1, 0.15) is 22.9 Å². The highest BCUT2D eigenvalue weighted by Gasteiger charge is 2.39. The van der Waals surface area contributed by atoms with Crippen LogP contribution < -0.4 is 16.2 Å². The van der Waals surface area contributed by atoms with Gasteiger partial charge >= 0.3 is 6.18 Å². The van der Waals surface area contributed by atoms with Gasteiger partial charge in [0.15, 0.2) is 0 Å². The Morgan fingerprint density at radius 2 is 1.54 bits per heavy atom. The van der Waals surface area contributed by atoms with Gasteiger partial charge in [0.05, 0.1) is 6.54 Å². The van der Waals surface area contributed by atoms with E-state index in [0.717, 1.165) is 16.3 Å². The molecule has 46 heavy (non-hydrogen) atoms. The second-order valence-corrected chi connectivity index (χ2v) is 11.6. The molecule has 0 spiro atoms. The van der Waals surface area contributed by atoms with Crippen molar-refractivity contribution in [2.24, 2.45) is 7.05 Å². The number of nitrogens with zero attached hydrogens (tertiary/aromatic N) is 1. The number of carbonyl (C=O) groups is 2. The third-order valence-electron chi connectivity index (χ3n) is 6.27. The Balaban J connectivity index is 0.00000236. The van der Waals surface area contributed by atoms with Crippen molar-refractivity contribution in [2.45, 2.75) is 43.3 Å². The normalized spacial score (nSPS) is 12.5. The van der Waals surface area contributed by atoms with Crippen LogP contribution in [0.25, 0.3) is 0 Å². The van der Waals surface area contributed by atoms with Gasteiger partial charge in [0, 0.05) is 36.3 Å². The van der Waals surface area contributed by atoms with Crippen LogP contribution in [0.5, 0.6) is 0 Å². The van der Waals surface area contributed by atoms with Crippen LogP contribution in [0.1, 0.15) is 45.2 Å². The predicted octanol–water partition coefficient (Wildman–Crippen LogP) is 6.14. The number of pyridine rings is 1. The van der Waals surface area contributed by atoms with E-state index in [4.69, 9.17) is 9.90 Å². The number of halogens is 9. The fourth-order valence-corrected chi connectivity index (χ4v) is 4.73. The number of nitrogens with one attached hydrogen (secondary N) is 2. The first-order valence-electron chi connectivity index (χ1n) is 12.9. The number of amides is 1.